The number of aromatic nitrogens is 4. The average molecular weight is 424 g/mol. The molecule has 1 saturated heterocycles. The van der Waals surface area contributed by atoms with E-state index in [-0.39, 0.29) is 0 Å². The lowest BCUT2D eigenvalue weighted by molar-refractivity contribution is 0.440. The predicted octanol–water partition coefficient (Wildman–Crippen LogP) is 3.76. The van der Waals surface area contributed by atoms with Gasteiger partial charge in [0.25, 0.3) is 0 Å². The SMILES string of the molecule is CNC1CCN(c2cnc(-c3ccc4cn(C)nc4c3)c(-c3ccc(C#N)cc3)n2)CC1. The van der Waals surface area contributed by atoms with Crippen LogP contribution in [0, 0.1) is 11.3 Å². The highest BCUT2D eigenvalue weighted by atomic mass is 15.2. The predicted molar refractivity (Wildman–Crippen MR) is 126 cm³/mol. The molecule has 32 heavy (non-hydrogen) atoms. The number of aryl methyl sites for hydroxylation is 1. The monoisotopic (exact) mass is 423 g/mol. The van der Waals surface area contributed by atoms with E-state index in [0.29, 0.717) is 11.6 Å². The highest BCUT2D eigenvalue weighted by molar-refractivity contribution is 5.87. The number of anilines is 1. The number of nitriles is 1. The van der Waals surface area contributed by atoms with Gasteiger partial charge >= 0.3 is 0 Å². The fourth-order valence-electron chi connectivity index (χ4n) is 4.33. The fourth-order valence-corrected chi connectivity index (χ4v) is 4.33. The topological polar surface area (TPSA) is 82.7 Å². The smallest absolute Gasteiger partial charge is 0.147 e. The first-order valence-electron chi connectivity index (χ1n) is 10.9. The van der Waals surface area contributed by atoms with Gasteiger partial charge in [-0.15, -0.1) is 0 Å². The summed E-state index contributed by atoms with van der Waals surface area (Å²) in [6, 6.07) is 16.5. The van der Waals surface area contributed by atoms with Gasteiger partial charge in [0.1, 0.15) is 5.82 Å². The van der Waals surface area contributed by atoms with E-state index < -0.39 is 0 Å². The van der Waals surface area contributed by atoms with Crippen LogP contribution in [-0.4, -0.2) is 45.9 Å². The maximum Gasteiger partial charge on any atom is 0.147 e. The summed E-state index contributed by atoms with van der Waals surface area (Å²) in [5.41, 5.74) is 5.11. The molecule has 0 atom stereocenters. The second kappa shape index (κ2) is 8.40. The van der Waals surface area contributed by atoms with E-state index in [2.05, 4.69) is 39.6 Å². The maximum atomic E-state index is 9.19. The van der Waals surface area contributed by atoms with Gasteiger partial charge in [-0.2, -0.15) is 10.4 Å². The number of benzene rings is 2. The Morgan fingerprint density at radius 2 is 1.78 bits per heavy atom. The van der Waals surface area contributed by atoms with Gasteiger partial charge in [-0.25, -0.2) is 4.98 Å². The Bertz CT molecular complexity index is 1290. The van der Waals surface area contributed by atoms with Crippen LogP contribution in [0.4, 0.5) is 5.82 Å². The minimum absolute atomic E-state index is 0.557. The first-order chi connectivity index (χ1) is 15.6. The molecule has 1 fully saturated rings. The van der Waals surface area contributed by atoms with Gasteiger partial charge in [0, 0.05) is 48.9 Å². The van der Waals surface area contributed by atoms with Crippen molar-refractivity contribution >= 4 is 16.7 Å². The van der Waals surface area contributed by atoms with E-state index in [1.54, 1.807) is 0 Å². The first kappa shape index (κ1) is 20.2. The van der Waals surface area contributed by atoms with Crippen molar-refractivity contribution in [1.82, 2.24) is 25.1 Å². The van der Waals surface area contributed by atoms with Crippen molar-refractivity contribution in [1.29, 1.82) is 5.26 Å². The third kappa shape index (κ3) is 3.81. The molecular formula is C25H25N7. The van der Waals surface area contributed by atoms with Crippen LogP contribution >= 0.6 is 0 Å². The molecule has 160 valence electrons. The van der Waals surface area contributed by atoms with Crippen LogP contribution in [0.25, 0.3) is 33.4 Å². The van der Waals surface area contributed by atoms with E-state index in [1.807, 2.05) is 55.4 Å². The molecule has 7 nitrogen and oxygen atoms in total. The number of hydrogen-bond donors (Lipinski definition) is 1. The average Bonchev–Trinajstić information content (AvgIpc) is 3.23. The van der Waals surface area contributed by atoms with Gasteiger partial charge in [0.15, 0.2) is 0 Å². The minimum Gasteiger partial charge on any atom is -0.355 e. The van der Waals surface area contributed by atoms with Gasteiger partial charge < -0.3 is 10.2 Å². The summed E-state index contributed by atoms with van der Waals surface area (Å²) in [7, 11) is 3.95. The Balaban J connectivity index is 1.59. The van der Waals surface area contributed by atoms with Crippen molar-refractivity contribution < 1.29 is 0 Å². The van der Waals surface area contributed by atoms with E-state index >= 15 is 0 Å². The van der Waals surface area contributed by atoms with Gasteiger partial charge in [-0.05, 0) is 38.1 Å². The van der Waals surface area contributed by atoms with Crippen LogP contribution in [0.2, 0.25) is 0 Å². The zero-order valence-corrected chi connectivity index (χ0v) is 18.3. The molecule has 5 rings (SSSR count). The molecule has 2 aromatic heterocycles. The molecule has 3 heterocycles. The third-order valence-corrected chi connectivity index (χ3v) is 6.17. The van der Waals surface area contributed by atoms with Gasteiger partial charge in [-0.3, -0.25) is 9.67 Å². The van der Waals surface area contributed by atoms with Crippen LogP contribution in [-0.2, 0) is 7.05 Å². The Kier molecular flexibility index (Phi) is 5.29. The van der Waals surface area contributed by atoms with Gasteiger partial charge in [0.05, 0.1) is 34.7 Å². The van der Waals surface area contributed by atoms with Crippen molar-refractivity contribution in [3.63, 3.8) is 0 Å². The first-order valence-corrected chi connectivity index (χ1v) is 10.9. The molecule has 7 heteroatoms. The summed E-state index contributed by atoms with van der Waals surface area (Å²) in [5, 5.41) is 18.2. The zero-order valence-electron chi connectivity index (χ0n) is 18.3. The molecule has 0 amide bonds. The summed E-state index contributed by atoms with van der Waals surface area (Å²) in [6.45, 7) is 1.90. The summed E-state index contributed by atoms with van der Waals surface area (Å²) in [5.74, 6) is 0.890. The van der Waals surface area contributed by atoms with Crippen LogP contribution < -0.4 is 10.2 Å². The van der Waals surface area contributed by atoms with Crippen LogP contribution in [0.1, 0.15) is 18.4 Å². The van der Waals surface area contributed by atoms with E-state index in [4.69, 9.17) is 9.97 Å². The maximum absolute atomic E-state index is 9.19. The molecule has 4 aromatic rings. The number of fused-ring (bicyclic) bond motifs is 1. The van der Waals surface area contributed by atoms with Crippen LogP contribution in [0.15, 0.2) is 54.9 Å². The Morgan fingerprint density at radius 1 is 1.03 bits per heavy atom. The lowest BCUT2D eigenvalue weighted by Crippen LogP contribution is -2.41. The number of hydrogen-bond acceptors (Lipinski definition) is 6. The van der Waals surface area contributed by atoms with E-state index in [0.717, 1.165) is 65.2 Å². The van der Waals surface area contributed by atoms with Crippen LogP contribution in [0.3, 0.4) is 0 Å². The molecule has 1 aliphatic heterocycles. The van der Waals surface area contributed by atoms with E-state index in [9.17, 15) is 5.26 Å². The second-order valence-corrected chi connectivity index (χ2v) is 8.24. The second-order valence-electron chi connectivity index (χ2n) is 8.24. The molecule has 2 aromatic carbocycles. The van der Waals surface area contributed by atoms with E-state index in [1.165, 1.54) is 0 Å². The number of piperidine rings is 1. The molecule has 0 bridgehead atoms. The lowest BCUT2D eigenvalue weighted by atomic mass is 10.0. The minimum atomic E-state index is 0.557. The number of rotatable bonds is 4. The number of nitrogens with zero attached hydrogens (tertiary/aromatic N) is 6. The summed E-state index contributed by atoms with van der Waals surface area (Å²) in [4.78, 5) is 12.3. The Hall–Kier alpha value is -3.76. The van der Waals surface area contributed by atoms with Crippen molar-refractivity contribution in [2.24, 2.45) is 7.05 Å². The fraction of sp³-hybridized carbons (Fsp3) is 0.280. The van der Waals surface area contributed by atoms with Crippen LogP contribution in [0.5, 0.6) is 0 Å². The molecule has 1 N–H and O–H groups in total. The molecule has 0 radical (unpaired) electrons. The molecule has 0 aliphatic carbocycles. The highest BCUT2D eigenvalue weighted by Crippen LogP contribution is 2.32. The van der Waals surface area contributed by atoms with Gasteiger partial charge in [-0.1, -0.05) is 24.3 Å². The summed E-state index contributed by atoms with van der Waals surface area (Å²) in [6.07, 6.45) is 6.06. The number of nitrogens with one attached hydrogen (secondary N) is 1. The van der Waals surface area contributed by atoms with Crippen molar-refractivity contribution in [3.05, 3.63) is 60.4 Å². The van der Waals surface area contributed by atoms with Gasteiger partial charge in [0.2, 0.25) is 0 Å². The van der Waals surface area contributed by atoms with Crippen molar-refractivity contribution in [2.45, 2.75) is 18.9 Å². The van der Waals surface area contributed by atoms with Crippen molar-refractivity contribution in [3.8, 4) is 28.6 Å². The molecule has 0 unspecified atom stereocenters. The zero-order chi connectivity index (χ0) is 22.1. The normalized spacial score (nSPS) is 14.6. The third-order valence-electron chi connectivity index (χ3n) is 6.17. The lowest BCUT2D eigenvalue weighted by Gasteiger charge is -2.32. The molecule has 0 spiro atoms. The molecule has 0 saturated carbocycles. The summed E-state index contributed by atoms with van der Waals surface area (Å²) < 4.78 is 1.82. The highest BCUT2D eigenvalue weighted by Gasteiger charge is 2.21. The Labute approximate surface area is 187 Å². The quantitative estimate of drug-likeness (QED) is 0.538. The Morgan fingerprint density at radius 3 is 2.50 bits per heavy atom. The summed E-state index contributed by atoms with van der Waals surface area (Å²) >= 11 is 0. The molecular weight excluding hydrogens is 398 g/mol. The molecule has 1 aliphatic rings. The standard InChI is InChI=1S/C25H25N7/c1-27-21-9-11-32(12-10-21)23-15-28-24(19-7-8-20-16-31(2)30-22(20)13-19)25(29-23)18-5-3-17(14-26)4-6-18/h3-8,13,15-16,21,27H,9-12H2,1-2H3. The van der Waals surface area contributed by atoms with Crippen molar-refractivity contribution in [2.75, 3.05) is 25.0 Å². The largest absolute Gasteiger partial charge is 0.355 e.